The smallest absolute Gasteiger partial charge is 0.0774 e. The van der Waals surface area contributed by atoms with Gasteiger partial charge in [0.15, 0.2) is 0 Å². The molecule has 2 rings (SSSR count). The zero-order valence-corrected chi connectivity index (χ0v) is 13.2. The van der Waals surface area contributed by atoms with E-state index in [0.717, 1.165) is 11.4 Å². The minimum Gasteiger partial charge on any atom is -0.262 e. The van der Waals surface area contributed by atoms with Gasteiger partial charge in [0.2, 0.25) is 0 Å². The predicted octanol–water partition coefficient (Wildman–Crippen LogP) is 4.59. The summed E-state index contributed by atoms with van der Waals surface area (Å²) in [4.78, 5) is 7.93. The summed E-state index contributed by atoms with van der Waals surface area (Å²) in [5.41, 5.74) is 1.91. The molecule has 0 saturated heterocycles. The fourth-order valence-corrected chi connectivity index (χ4v) is 1.03. The molecule has 0 aliphatic carbocycles. The molecule has 0 amide bonds. The maximum atomic E-state index is 8.23. The molecule has 0 aliphatic heterocycles. The van der Waals surface area contributed by atoms with E-state index in [9.17, 15) is 0 Å². The van der Waals surface area contributed by atoms with Gasteiger partial charge in [-0.05, 0) is 31.2 Å². The first kappa shape index (κ1) is 20.1. The molecule has 108 valence electrons. The lowest BCUT2D eigenvalue weighted by molar-refractivity contribution is 1.12. The van der Waals surface area contributed by atoms with Gasteiger partial charge >= 0.3 is 0 Å². The molecule has 0 fully saturated rings. The van der Waals surface area contributed by atoms with E-state index in [2.05, 4.69) is 9.97 Å². The third kappa shape index (κ3) is 12.3. The fraction of sp³-hybridized carbons (Fsp3) is 0.353. The molecule has 3 nitrogen and oxygen atoms in total. The molecule has 0 spiro atoms. The molecule has 2 aromatic heterocycles. The molecule has 0 radical (unpaired) electrons. The van der Waals surface area contributed by atoms with Crippen LogP contribution in [0.25, 0.3) is 0 Å². The third-order valence-electron chi connectivity index (χ3n) is 1.80. The highest BCUT2D eigenvalue weighted by atomic mass is 14.7. The number of aryl methyl sites for hydroxylation is 1. The number of hydrogen-bond acceptors (Lipinski definition) is 3. The van der Waals surface area contributed by atoms with Crippen molar-refractivity contribution in [3.05, 3.63) is 60.2 Å². The molecule has 2 heterocycles. The van der Waals surface area contributed by atoms with E-state index < -0.39 is 0 Å². The van der Waals surface area contributed by atoms with Crippen LogP contribution >= 0.6 is 0 Å². The first-order chi connectivity index (χ1) is 9.83. The Balaban J connectivity index is 0. The molecule has 3 heteroatoms. The highest BCUT2D eigenvalue weighted by Crippen LogP contribution is 1.91. The van der Waals surface area contributed by atoms with Crippen LogP contribution in [0.1, 0.15) is 39.1 Å². The summed E-state index contributed by atoms with van der Waals surface area (Å²) in [6, 6.07) is 13.4. The Morgan fingerprint density at radius 1 is 0.900 bits per heavy atom. The lowest BCUT2D eigenvalue weighted by Crippen LogP contribution is -1.83. The Morgan fingerprint density at radius 3 is 1.75 bits per heavy atom. The van der Waals surface area contributed by atoms with Crippen molar-refractivity contribution in [2.45, 2.75) is 41.0 Å². The van der Waals surface area contributed by atoms with Gasteiger partial charge < -0.3 is 0 Å². The van der Waals surface area contributed by atoms with E-state index in [1.807, 2.05) is 77.1 Å². The monoisotopic (exact) mass is 271 g/mol. The molecule has 2 aromatic rings. The van der Waals surface area contributed by atoms with Crippen molar-refractivity contribution in [1.82, 2.24) is 9.97 Å². The number of hydrogen-bond donors (Lipinski definition) is 0. The zero-order valence-electron chi connectivity index (χ0n) is 13.2. The van der Waals surface area contributed by atoms with Gasteiger partial charge in [0.05, 0.1) is 18.2 Å². The molecule has 0 aromatic carbocycles. The van der Waals surface area contributed by atoms with Crippen molar-refractivity contribution in [3.8, 4) is 6.07 Å². The summed E-state index contributed by atoms with van der Waals surface area (Å²) in [6.07, 6.45) is 3.88. The molecule has 0 unspecified atom stereocenters. The largest absolute Gasteiger partial charge is 0.262 e. The molecular formula is C17H25N3. The average Bonchev–Trinajstić information content (AvgIpc) is 2.54. The van der Waals surface area contributed by atoms with Crippen LogP contribution in [-0.4, -0.2) is 9.97 Å². The number of rotatable bonds is 1. The van der Waals surface area contributed by atoms with E-state index in [1.165, 1.54) is 0 Å². The minimum atomic E-state index is 0.404. The second-order valence-corrected chi connectivity index (χ2v) is 3.13. The minimum absolute atomic E-state index is 0.404. The van der Waals surface area contributed by atoms with Crippen LogP contribution in [-0.2, 0) is 6.42 Å². The van der Waals surface area contributed by atoms with Gasteiger partial charge in [0.25, 0.3) is 0 Å². The Hall–Kier alpha value is -2.21. The van der Waals surface area contributed by atoms with E-state index in [4.69, 9.17) is 5.26 Å². The molecule has 0 atom stereocenters. The van der Waals surface area contributed by atoms with E-state index in [1.54, 1.807) is 12.4 Å². The highest BCUT2D eigenvalue weighted by Gasteiger charge is 1.86. The number of nitrogens with zero attached hydrogens (tertiary/aromatic N) is 3. The molecule has 20 heavy (non-hydrogen) atoms. The summed E-state index contributed by atoms with van der Waals surface area (Å²) in [5.74, 6) is 0. The van der Waals surface area contributed by atoms with Crippen molar-refractivity contribution in [2.75, 3.05) is 0 Å². The van der Waals surface area contributed by atoms with Crippen LogP contribution in [0.4, 0.5) is 0 Å². The maximum absolute atomic E-state index is 8.23. The SMILES string of the molecule is CC.CC.Cc1ccccn1.N#CCc1ccccn1. The molecule has 0 N–H and O–H groups in total. The van der Waals surface area contributed by atoms with E-state index in [0.29, 0.717) is 6.42 Å². The Morgan fingerprint density at radius 2 is 1.45 bits per heavy atom. The topological polar surface area (TPSA) is 49.6 Å². The van der Waals surface area contributed by atoms with Crippen LogP contribution in [0.5, 0.6) is 0 Å². The van der Waals surface area contributed by atoms with E-state index in [-0.39, 0.29) is 0 Å². The van der Waals surface area contributed by atoms with Gasteiger partial charge in [-0.25, -0.2) is 0 Å². The van der Waals surface area contributed by atoms with Gasteiger partial charge in [0.1, 0.15) is 0 Å². The highest BCUT2D eigenvalue weighted by molar-refractivity contribution is 5.07. The van der Waals surface area contributed by atoms with Crippen molar-refractivity contribution in [2.24, 2.45) is 0 Å². The van der Waals surface area contributed by atoms with Crippen molar-refractivity contribution >= 4 is 0 Å². The predicted molar refractivity (Wildman–Crippen MR) is 85.2 cm³/mol. The standard InChI is InChI=1S/C7H6N2.C6H7N.2C2H6/c8-5-4-7-3-1-2-6-9-7;1-6-4-2-3-5-7-6;2*1-2/h1-3,6H,4H2;2-5H,1H3;2*1-2H3. The quantitative estimate of drug-likeness (QED) is 0.762. The first-order valence-corrected chi connectivity index (χ1v) is 6.97. The molecule has 0 saturated carbocycles. The van der Waals surface area contributed by atoms with Crippen LogP contribution in [0.15, 0.2) is 48.8 Å². The van der Waals surface area contributed by atoms with Gasteiger partial charge in [-0.2, -0.15) is 5.26 Å². The fourth-order valence-electron chi connectivity index (χ4n) is 1.03. The van der Waals surface area contributed by atoms with Gasteiger partial charge in [-0.15, -0.1) is 0 Å². The Kier molecular flexibility index (Phi) is 16.9. The van der Waals surface area contributed by atoms with Crippen molar-refractivity contribution in [3.63, 3.8) is 0 Å². The lowest BCUT2D eigenvalue weighted by Gasteiger charge is -1.87. The van der Waals surface area contributed by atoms with E-state index >= 15 is 0 Å². The summed E-state index contributed by atoms with van der Waals surface area (Å²) >= 11 is 0. The summed E-state index contributed by atoms with van der Waals surface area (Å²) in [7, 11) is 0. The Labute approximate surface area is 123 Å². The van der Waals surface area contributed by atoms with Crippen LogP contribution in [0, 0.1) is 18.3 Å². The third-order valence-corrected chi connectivity index (χ3v) is 1.80. The zero-order chi connectivity index (χ0) is 15.6. The molecule has 0 bridgehead atoms. The normalized spacial score (nSPS) is 7.40. The summed E-state index contributed by atoms with van der Waals surface area (Å²) in [5, 5.41) is 8.23. The van der Waals surface area contributed by atoms with Crippen LogP contribution in [0.3, 0.4) is 0 Å². The molecular weight excluding hydrogens is 246 g/mol. The van der Waals surface area contributed by atoms with Crippen molar-refractivity contribution in [1.29, 1.82) is 5.26 Å². The van der Waals surface area contributed by atoms with Gasteiger partial charge in [0, 0.05) is 18.1 Å². The Bertz CT molecular complexity index is 433. The second kappa shape index (κ2) is 16.8. The number of aromatic nitrogens is 2. The second-order valence-electron chi connectivity index (χ2n) is 3.13. The number of pyridine rings is 2. The number of nitriles is 1. The van der Waals surface area contributed by atoms with Crippen LogP contribution in [0.2, 0.25) is 0 Å². The van der Waals surface area contributed by atoms with Crippen LogP contribution < -0.4 is 0 Å². The lowest BCUT2D eigenvalue weighted by atomic mass is 10.3. The summed E-state index contributed by atoms with van der Waals surface area (Å²) in [6.45, 7) is 9.97. The van der Waals surface area contributed by atoms with Gasteiger partial charge in [-0.3, -0.25) is 9.97 Å². The first-order valence-electron chi connectivity index (χ1n) is 6.97. The average molecular weight is 271 g/mol. The summed E-state index contributed by atoms with van der Waals surface area (Å²) < 4.78 is 0. The van der Waals surface area contributed by atoms with Crippen molar-refractivity contribution < 1.29 is 0 Å². The molecule has 0 aliphatic rings. The van der Waals surface area contributed by atoms with Gasteiger partial charge in [-0.1, -0.05) is 39.8 Å². The maximum Gasteiger partial charge on any atom is 0.0774 e.